The van der Waals surface area contributed by atoms with Crippen LogP contribution in [0.2, 0.25) is 0 Å². The van der Waals surface area contributed by atoms with E-state index in [0.717, 1.165) is 31.2 Å². The molecule has 1 unspecified atom stereocenters. The van der Waals surface area contributed by atoms with Gasteiger partial charge in [-0.2, -0.15) is 0 Å². The summed E-state index contributed by atoms with van der Waals surface area (Å²) in [4.78, 5) is 0. The fourth-order valence-corrected chi connectivity index (χ4v) is 2.78. The molecule has 0 radical (unpaired) electrons. The molecule has 0 aliphatic heterocycles. The molecule has 0 bridgehead atoms. The maximum Gasteiger partial charge on any atom is 0.123 e. The van der Waals surface area contributed by atoms with Gasteiger partial charge in [0.2, 0.25) is 0 Å². The second kappa shape index (κ2) is 5.15. The summed E-state index contributed by atoms with van der Waals surface area (Å²) in [6.45, 7) is 2.67. The van der Waals surface area contributed by atoms with Gasteiger partial charge in [-0.25, -0.2) is 4.39 Å². The van der Waals surface area contributed by atoms with E-state index in [2.05, 4.69) is 0 Å². The van der Waals surface area contributed by atoms with E-state index in [1.165, 1.54) is 12.1 Å². The Morgan fingerprint density at radius 2 is 1.88 bits per heavy atom. The fourth-order valence-electron chi connectivity index (χ4n) is 2.78. The Bertz CT molecular complexity index is 357. The molecule has 0 saturated heterocycles. The van der Waals surface area contributed by atoms with Crippen LogP contribution in [0.15, 0.2) is 24.3 Å². The number of halogens is 1. The predicted molar refractivity (Wildman–Crippen MR) is 66.2 cm³/mol. The Labute approximate surface area is 102 Å². The first-order chi connectivity index (χ1) is 8.18. The van der Waals surface area contributed by atoms with E-state index in [0.29, 0.717) is 6.61 Å². The molecule has 1 aliphatic rings. The Kier molecular flexibility index (Phi) is 3.79. The third kappa shape index (κ3) is 2.50. The highest BCUT2D eigenvalue weighted by Gasteiger charge is 2.40. The lowest BCUT2D eigenvalue weighted by Gasteiger charge is -2.35. The quantitative estimate of drug-likeness (QED) is 0.873. The summed E-state index contributed by atoms with van der Waals surface area (Å²) in [5, 5.41) is 0. The van der Waals surface area contributed by atoms with Gasteiger partial charge in [-0.1, -0.05) is 25.0 Å². The first-order valence-corrected chi connectivity index (χ1v) is 6.33. The molecule has 1 aromatic rings. The number of rotatable bonds is 4. The van der Waals surface area contributed by atoms with E-state index >= 15 is 0 Å². The average Bonchev–Trinajstić information content (AvgIpc) is 2.79. The van der Waals surface area contributed by atoms with Gasteiger partial charge in [-0.15, -0.1) is 0 Å². The van der Waals surface area contributed by atoms with Gasteiger partial charge in [0.15, 0.2) is 0 Å². The van der Waals surface area contributed by atoms with Gasteiger partial charge < -0.3 is 10.5 Å². The van der Waals surface area contributed by atoms with Crippen LogP contribution in [0.5, 0.6) is 0 Å². The molecular formula is C14H20FNO. The van der Waals surface area contributed by atoms with Crippen molar-refractivity contribution in [2.45, 2.75) is 44.2 Å². The van der Waals surface area contributed by atoms with Crippen LogP contribution in [0.25, 0.3) is 0 Å². The van der Waals surface area contributed by atoms with Gasteiger partial charge in [0.05, 0.1) is 11.6 Å². The molecule has 2 nitrogen and oxygen atoms in total. The Morgan fingerprint density at radius 3 is 2.41 bits per heavy atom. The first-order valence-electron chi connectivity index (χ1n) is 6.33. The van der Waals surface area contributed by atoms with Crippen molar-refractivity contribution in [1.82, 2.24) is 0 Å². The van der Waals surface area contributed by atoms with Crippen molar-refractivity contribution in [3.8, 4) is 0 Å². The summed E-state index contributed by atoms with van der Waals surface area (Å²) in [5.41, 5.74) is 7.04. The van der Waals surface area contributed by atoms with E-state index in [1.807, 2.05) is 6.92 Å². The molecule has 1 atom stereocenters. The maximum atomic E-state index is 12.9. The number of ether oxygens (including phenoxy) is 1. The van der Waals surface area contributed by atoms with E-state index in [-0.39, 0.29) is 17.5 Å². The lowest BCUT2D eigenvalue weighted by Crippen LogP contribution is -2.41. The second-order valence-corrected chi connectivity index (χ2v) is 4.73. The number of benzene rings is 1. The highest BCUT2D eigenvalue weighted by atomic mass is 19.1. The lowest BCUT2D eigenvalue weighted by molar-refractivity contribution is -0.0536. The van der Waals surface area contributed by atoms with E-state index in [9.17, 15) is 4.39 Å². The third-order valence-corrected chi connectivity index (χ3v) is 3.68. The molecule has 1 saturated carbocycles. The summed E-state index contributed by atoms with van der Waals surface area (Å²) in [6, 6.07) is 6.29. The van der Waals surface area contributed by atoms with Crippen molar-refractivity contribution in [3.05, 3.63) is 35.6 Å². The molecular weight excluding hydrogens is 217 g/mol. The third-order valence-electron chi connectivity index (χ3n) is 3.68. The Hall–Kier alpha value is -0.930. The molecule has 0 heterocycles. The lowest BCUT2D eigenvalue weighted by atomic mass is 9.87. The van der Waals surface area contributed by atoms with Gasteiger partial charge in [-0.3, -0.25) is 0 Å². The van der Waals surface area contributed by atoms with Crippen molar-refractivity contribution < 1.29 is 9.13 Å². The van der Waals surface area contributed by atoms with Crippen LogP contribution < -0.4 is 5.73 Å². The van der Waals surface area contributed by atoms with Crippen LogP contribution >= 0.6 is 0 Å². The zero-order chi connectivity index (χ0) is 12.3. The van der Waals surface area contributed by atoms with Crippen molar-refractivity contribution in [2.75, 3.05) is 6.61 Å². The van der Waals surface area contributed by atoms with Gasteiger partial charge >= 0.3 is 0 Å². The molecule has 17 heavy (non-hydrogen) atoms. The van der Waals surface area contributed by atoms with Crippen molar-refractivity contribution in [3.63, 3.8) is 0 Å². The fraction of sp³-hybridized carbons (Fsp3) is 0.571. The van der Waals surface area contributed by atoms with Crippen LogP contribution in [0, 0.1) is 5.82 Å². The zero-order valence-corrected chi connectivity index (χ0v) is 10.3. The summed E-state index contributed by atoms with van der Waals surface area (Å²) < 4.78 is 18.8. The van der Waals surface area contributed by atoms with Gasteiger partial charge in [-0.05, 0) is 37.5 Å². The first kappa shape index (κ1) is 12.5. The van der Waals surface area contributed by atoms with Gasteiger partial charge in [0.25, 0.3) is 0 Å². The zero-order valence-electron chi connectivity index (χ0n) is 10.3. The molecule has 1 fully saturated rings. The molecule has 3 heteroatoms. The van der Waals surface area contributed by atoms with Crippen molar-refractivity contribution in [2.24, 2.45) is 5.73 Å². The smallest absolute Gasteiger partial charge is 0.123 e. The second-order valence-electron chi connectivity index (χ2n) is 4.73. The van der Waals surface area contributed by atoms with Crippen LogP contribution in [0.1, 0.15) is 44.2 Å². The van der Waals surface area contributed by atoms with Crippen molar-refractivity contribution >= 4 is 0 Å². The van der Waals surface area contributed by atoms with Crippen LogP contribution in [-0.4, -0.2) is 12.2 Å². The summed E-state index contributed by atoms with van der Waals surface area (Å²) in [6.07, 6.45) is 4.32. The Morgan fingerprint density at radius 1 is 1.29 bits per heavy atom. The molecule has 94 valence electrons. The highest BCUT2D eigenvalue weighted by molar-refractivity contribution is 5.23. The van der Waals surface area contributed by atoms with Gasteiger partial charge in [0, 0.05) is 6.61 Å². The monoisotopic (exact) mass is 237 g/mol. The maximum absolute atomic E-state index is 12.9. The molecule has 0 spiro atoms. The number of nitrogens with two attached hydrogens (primary N) is 1. The summed E-state index contributed by atoms with van der Waals surface area (Å²) in [5.74, 6) is -0.224. The molecule has 2 N–H and O–H groups in total. The summed E-state index contributed by atoms with van der Waals surface area (Å²) in [7, 11) is 0. The average molecular weight is 237 g/mol. The number of hydrogen-bond acceptors (Lipinski definition) is 2. The van der Waals surface area contributed by atoms with Crippen LogP contribution in [-0.2, 0) is 4.74 Å². The standard InChI is InChI=1S/C14H20FNO/c1-2-17-14(9-3-4-10-14)13(16)11-5-7-12(15)8-6-11/h5-8,13H,2-4,9-10,16H2,1H3. The normalized spacial score (nSPS) is 20.4. The highest BCUT2D eigenvalue weighted by Crippen LogP contribution is 2.41. The minimum atomic E-state index is -0.243. The molecule has 1 aliphatic carbocycles. The number of hydrogen-bond donors (Lipinski definition) is 1. The summed E-state index contributed by atoms with van der Waals surface area (Å²) >= 11 is 0. The van der Waals surface area contributed by atoms with E-state index in [1.54, 1.807) is 12.1 Å². The Balaban J connectivity index is 2.21. The van der Waals surface area contributed by atoms with Gasteiger partial charge in [0.1, 0.15) is 5.82 Å². The molecule has 0 aromatic heterocycles. The largest absolute Gasteiger partial charge is 0.373 e. The van der Waals surface area contributed by atoms with E-state index in [4.69, 9.17) is 10.5 Å². The molecule has 1 aromatic carbocycles. The molecule has 0 amide bonds. The topological polar surface area (TPSA) is 35.2 Å². The van der Waals surface area contributed by atoms with Crippen molar-refractivity contribution in [1.29, 1.82) is 0 Å². The minimum Gasteiger partial charge on any atom is -0.373 e. The van der Waals surface area contributed by atoms with E-state index < -0.39 is 0 Å². The minimum absolute atomic E-state index is 0.162. The predicted octanol–water partition coefficient (Wildman–Crippen LogP) is 3.17. The van der Waals surface area contributed by atoms with Crippen LogP contribution in [0.4, 0.5) is 4.39 Å². The SMILES string of the molecule is CCOC1(C(N)c2ccc(F)cc2)CCCC1. The van der Waals surface area contributed by atoms with Crippen LogP contribution in [0.3, 0.4) is 0 Å². The molecule has 2 rings (SSSR count).